The fourth-order valence-electron chi connectivity index (χ4n) is 8.54. The van der Waals surface area contributed by atoms with Gasteiger partial charge in [-0.05, 0) is 76.6 Å². The van der Waals surface area contributed by atoms with Crippen molar-refractivity contribution >= 4 is 67.6 Å². The van der Waals surface area contributed by atoms with Gasteiger partial charge in [-0.1, -0.05) is 80.6 Å². The summed E-state index contributed by atoms with van der Waals surface area (Å²) in [6.07, 6.45) is 3.56. The van der Waals surface area contributed by atoms with Crippen LogP contribution < -0.4 is 10.6 Å². The third-order valence-electron chi connectivity index (χ3n) is 11.7. The van der Waals surface area contributed by atoms with Gasteiger partial charge in [-0.3, -0.25) is 14.5 Å². The number of imidazole rings is 2. The Morgan fingerprint density at radius 3 is 1.98 bits per heavy atom. The highest BCUT2D eigenvalue weighted by Gasteiger charge is 2.38. The molecule has 2 aliphatic rings. The average Bonchev–Trinajstić information content (AvgIpc) is 4.12. The van der Waals surface area contributed by atoms with Gasteiger partial charge in [-0.2, -0.15) is 0 Å². The molecule has 0 radical (unpaired) electrons. The summed E-state index contributed by atoms with van der Waals surface area (Å²) < 4.78 is 9.62. The summed E-state index contributed by atoms with van der Waals surface area (Å²) in [6.45, 7) is 4.27. The summed E-state index contributed by atoms with van der Waals surface area (Å²) in [5.74, 6) is 0.609. The smallest absolute Gasteiger partial charge is 0.407 e. The van der Waals surface area contributed by atoms with E-state index in [4.69, 9.17) is 19.4 Å². The second-order valence-corrected chi connectivity index (χ2v) is 15.7. The van der Waals surface area contributed by atoms with Crippen molar-refractivity contribution < 1.29 is 28.7 Å². The molecule has 4 N–H and O–H groups in total. The number of ether oxygens (including phenoxy) is 2. The maximum Gasteiger partial charge on any atom is 0.407 e. The van der Waals surface area contributed by atoms with Crippen LogP contribution in [-0.2, 0) is 19.1 Å². The quantitative estimate of drug-likeness (QED) is 0.106. The number of alkyl carbamates (subject to hydrolysis) is 2. The Morgan fingerprint density at radius 2 is 1.36 bits per heavy atom. The Labute approximate surface area is 350 Å². The second kappa shape index (κ2) is 16.0. The number of nitrogens with zero attached hydrogens (tertiary/aromatic N) is 4. The van der Waals surface area contributed by atoms with Crippen LogP contribution >= 0.6 is 0 Å². The molecule has 0 aliphatic carbocycles. The maximum atomic E-state index is 14.1. The van der Waals surface area contributed by atoms with Crippen molar-refractivity contribution in [1.82, 2.24) is 40.4 Å². The lowest BCUT2D eigenvalue weighted by Crippen LogP contribution is -2.50. The summed E-state index contributed by atoms with van der Waals surface area (Å²) in [5.41, 5.74) is 9.13. The molecule has 0 spiro atoms. The van der Waals surface area contributed by atoms with Crippen LogP contribution in [0.1, 0.15) is 62.0 Å². The Balaban J connectivity index is 0.973. The molecule has 14 nitrogen and oxygen atoms in total. The van der Waals surface area contributed by atoms with Crippen molar-refractivity contribution in [2.75, 3.05) is 20.8 Å². The molecular weight excluding hydrogens is 773 g/mol. The highest BCUT2D eigenvalue weighted by Crippen LogP contribution is 2.37. The Hall–Kier alpha value is -7.44. The van der Waals surface area contributed by atoms with Crippen molar-refractivity contribution in [3.8, 4) is 11.1 Å². The van der Waals surface area contributed by atoms with Crippen LogP contribution in [0.3, 0.4) is 0 Å². The number of amides is 4. The molecule has 5 aromatic carbocycles. The molecule has 1 fully saturated rings. The van der Waals surface area contributed by atoms with Gasteiger partial charge in [0.2, 0.25) is 0 Å². The van der Waals surface area contributed by atoms with Crippen LogP contribution in [0.2, 0.25) is 0 Å². The fraction of sp³-hybridized carbons (Fsp3) is 0.255. The van der Waals surface area contributed by atoms with Crippen molar-refractivity contribution in [2.45, 2.75) is 50.9 Å². The summed E-state index contributed by atoms with van der Waals surface area (Å²) >= 11 is 0. The van der Waals surface area contributed by atoms with Gasteiger partial charge in [0.15, 0.2) is 0 Å². The molecule has 4 heterocycles. The zero-order chi connectivity index (χ0) is 42.4. The first kappa shape index (κ1) is 39.0. The molecule has 0 saturated carbocycles. The number of methoxy groups -OCH3 is 2. The zero-order valence-corrected chi connectivity index (χ0v) is 34.1. The molecule has 2 aromatic heterocycles. The number of nitrogens with one attached hydrogen (secondary N) is 4. The number of fused-ring (bicyclic) bond motifs is 6. The average molecular weight is 817 g/mol. The molecule has 0 bridgehead atoms. The summed E-state index contributed by atoms with van der Waals surface area (Å²) in [6, 6.07) is 27.5. The van der Waals surface area contributed by atoms with Crippen molar-refractivity contribution in [3.63, 3.8) is 0 Å². The molecule has 308 valence electrons. The van der Waals surface area contributed by atoms with E-state index in [1.165, 1.54) is 19.1 Å². The number of aromatic nitrogens is 4. The lowest BCUT2D eigenvalue weighted by molar-refractivity contribution is -0.134. The minimum absolute atomic E-state index is 0.178. The van der Waals surface area contributed by atoms with E-state index in [0.29, 0.717) is 23.8 Å². The van der Waals surface area contributed by atoms with Crippen LogP contribution in [0.4, 0.5) is 9.59 Å². The van der Waals surface area contributed by atoms with Gasteiger partial charge >= 0.3 is 12.2 Å². The maximum absolute atomic E-state index is 14.1. The predicted molar refractivity (Wildman–Crippen MR) is 231 cm³/mol. The number of carbonyl (C=O) groups is 4. The number of rotatable bonds is 9. The van der Waals surface area contributed by atoms with Crippen LogP contribution in [0.5, 0.6) is 0 Å². The molecule has 7 aromatic rings. The van der Waals surface area contributed by atoms with E-state index < -0.39 is 30.3 Å². The third-order valence-corrected chi connectivity index (χ3v) is 11.7. The number of aromatic amines is 2. The van der Waals surface area contributed by atoms with Crippen molar-refractivity contribution in [1.29, 1.82) is 0 Å². The number of H-pyrrole nitrogens is 2. The van der Waals surface area contributed by atoms with Gasteiger partial charge in [0, 0.05) is 17.3 Å². The van der Waals surface area contributed by atoms with Gasteiger partial charge in [-0.25, -0.2) is 19.6 Å². The van der Waals surface area contributed by atoms with E-state index in [2.05, 4.69) is 74.9 Å². The molecule has 61 heavy (non-hydrogen) atoms. The minimum atomic E-state index is -0.896. The lowest BCUT2D eigenvalue weighted by Gasteiger charge is -2.28. The molecule has 14 heteroatoms. The monoisotopic (exact) mass is 816 g/mol. The first-order chi connectivity index (χ1) is 29.6. The molecule has 4 atom stereocenters. The first-order valence-electron chi connectivity index (χ1n) is 20.3. The minimum Gasteiger partial charge on any atom is -0.453 e. The molecule has 1 saturated heterocycles. The van der Waals surface area contributed by atoms with E-state index >= 15 is 0 Å². The number of benzene rings is 5. The van der Waals surface area contributed by atoms with E-state index in [1.54, 1.807) is 17.2 Å². The normalized spacial score (nSPS) is 17.1. The van der Waals surface area contributed by atoms with E-state index in [1.807, 2.05) is 56.3 Å². The number of carbonyl (C=O) groups excluding carboxylic acids is 4. The summed E-state index contributed by atoms with van der Waals surface area (Å²) in [7, 11) is 2.55. The highest BCUT2D eigenvalue weighted by atomic mass is 16.5. The van der Waals surface area contributed by atoms with Crippen molar-refractivity contribution in [3.05, 3.63) is 126 Å². The summed E-state index contributed by atoms with van der Waals surface area (Å²) in [4.78, 5) is 72.4. The Kier molecular flexibility index (Phi) is 10.2. The zero-order valence-electron chi connectivity index (χ0n) is 34.1. The third kappa shape index (κ3) is 7.20. The standard InChI is InChI=1S/C47H44N8O6/c1-26(2)38(52-46(58)60-3)44(56)54-22-8-12-36(54)42-48-34-20-16-30-24-28(14-18-32(30)40(34)50-42)29-15-19-33-31(25-29)17-21-35-41(33)51-43(49-35)37-13-9-23-55(37)45(57)39(53-47(59)61-4)27-10-6-5-7-11-27/h5-7,10-12,14-22,24-26,36-39H,9,13,23H2,1-4H3,(H,48,50)(H,49,51)(H,52,58)(H,53,59)/t36-,37-,38-,39+/m0/s1. The summed E-state index contributed by atoms with van der Waals surface area (Å²) in [5, 5.41) is 9.38. The molecule has 2 aliphatic heterocycles. The lowest BCUT2D eigenvalue weighted by atomic mass is 9.98. The van der Waals surface area contributed by atoms with Crippen LogP contribution in [-0.4, -0.2) is 80.5 Å². The Bertz CT molecular complexity index is 2930. The molecule has 4 amide bonds. The van der Waals surface area contributed by atoms with Crippen LogP contribution in [0.25, 0.3) is 54.7 Å². The van der Waals surface area contributed by atoms with Gasteiger partial charge in [0.05, 0.1) is 48.5 Å². The van der Waals surface area contributed by atoms with Gasteiger partial charge in [0.1, 0.15) is 29.8 Å². The number of hydrogen-bond donors (Lipinski definition) is 4. The van der Waals surface area contributed by atoms with Crippen LogP contribution in [0.15, 0.2) is 109 Å². The second-order valence-electron chi connectivity index (χ2n) is 15.7. The topological polar surface area (TPSA) is 175 Å². The largest absolute Gasteiger partial charge is 0.453 e. The Morgan fingerprint density at radius 1 is 0.754 bits per heavy atom. The van der Waals surface area contributed by atoms with Crippen molar-refractivity contribution in [2.24, 2.45) is 5.92 Å². The van der Waals surface area contributed by atoms with Gasteiger partial charge in [-0.15, -0.1) is 5.73 Å². The molecular formula is C47H44N8O6. The predicted octanol–water partition coefficient (Wildman–Crippen LogP) is 8.11. The van der Waals surface area contributed by atoms with E-state index in [0.717, 1.165) is 67.6 Å². The molecule has 0 unspecified atom stereocenters. The van der Waals surface area contributed by atoms with E-state index in [9.17, 15) is 19.2 Å². The SMILES string of the molecule is COC(=O)N[C@H](C(=O)N1C=C=C[C@H]1c1nc2c(ccc3cc(-c4ccc5c(ccc6[nH]c([C@@H]7CCCN7C(=O)[C@H](NC(=O)OC)c7ccccc7)nc65)c4)ccc32)[nH]1)C(C)C. The van der Waals surface area contributed by atoms with Gasteiger partial charge < -0.3 is 35.0 Å². The fourth-order valence-corrected chi connectivity index (χ4v) is 8.54. The molecule has 9 rings (SSSR count). The number of hydrogen-bond acceptors (Lipinski definition) is 8. The van der Waals surface area contributed by atoms with Crippen LogP contribution in [0, 0.1) is 5.92 Å². The number of likely N-dealkylation sites (tertiary alicyclic amines) is 1. The first-order valence-corrected chi connectivity index (χ1v) is 20.3. The highest BCUT2D eigenvalue weighted by molar-refractivity contribution is 6.07. The van der Waals surface area contributed by atoms with Gasteiger partial charge in [0.25, 0.3) is 11.8 Å². The van der Waals surface area contributed by atoms with E-state index in [-0.39, 0.29) is 23.8 Å².